The molecule has 16 heavy (non-hydrogen) atoms. The van der Waals surface area contributed by atoms with E-state index in [0.29, 0.717) is 13.1 Å². The van der Waals surface area contributed by atoms with Gasteiger partial charge < -0.3 is 16.8 Å². The van der Waals surface area contributed by atoms with Gasteiger partial charge >= 0.3 is 0 Å². The smallest absolute Gasteiger partial charge is 0.0715 e. The Kier molecular flexibility index (Phi) is 9.80. The van der Waals surface area contributed by atoms with E-state index in [0.717, 1.165) is 0 Å². The van der Waals surface area contributed by atoms with Gasteiger partial charge in [-0.1, -0.05) is 0 Å². The highest BCUT2D eigenvalue weighted by atomic mass is 15.2. The number of nitrogens with one attached hydrogen (secondary N) is 4. The van der Waals surface area contributed by atoms with Gasteiger partial charge in [-0.15, -0.1) is 0 Å². The summed E-state index contributed by atoms with van der Waals surface area (Å²) in [5.41, 5.74) is 11.3. The highest BCUT2D eigenvalue weighted by molar-refractivity contribution is 4.79. The van der Waals surface area contributed by atoms with Crippen LogP contribution in [0.25, 0.3) is 0 Å². The summed E-state index contributed by atoms with van der Waals surface area (Å²) in [5.74, 6) is 0. The van der Waals surface area contributed by atoms with E-state index in [9.17, 15) is 0 Å². The average Bonchev–Trinajstić information content (AvgIpc) is 2.23. The van der Waals surface area contributed by atoms with E-state index in [-0.39, 0.29) is 18.5 Å². The minimum atomic E-state index is -0.315. The molecule has 0 bridgehead atoms. The zero-order chi connectivity index (χ0) is 12.4. The first kappa shape index (κ1) is 15.8. The molecule has 93 valence electrons. The maximum atomic E-state index is 5.84. The van der Waals surface area contributed by atoms with Crippen molar-refractivity contribution in [2.24, 2.45) is 11.5 Å². The van der Waals surface area contributed by atoms with Crippen molar-refractivity contribution in [3.05, 3.63) is 33.9 Å². The Hall–Kier alpha value is -0.240. The molecular weight excluding hydrogens is 204 g/mol. The second-order valence-corrected chi connectivity index (χ2v) is 3.32. The summed E-state index contributed by atoms with van der Waals surface area (Å²) in [5, 5.41) is 12.1. The highest BCUT2D eigenvalue weighted by Gasteiger charge is 2.10. The van der Waals surface area contributed by atoms with Crippen molar-refractivity contribution in [1.82, 2.24) is 21.3 Å². The van der Waals surface area contributed by atoms with E-state index in [1.54, 1.807) is 13.1 Å². The summed E-state index contributed by atoms with van der Waals surface area (Å²) in [4.78, 5) is 0. The topological polar surface area (TPSA) is 100 Å². The zero-order valence-electron chi connectivity index (χ0n) is 9.58. The third-order valence-electron chi connectivity index (χ3n) is 1.80. The predicted molar refractivity (Wildman–Crippen MR) is 66.7 cm³/mol. The SMILES string of the molecule is [CH2][CH]NCC(N[CH][CH2])NC(N)CNC([CH2])N. The zero-order valence-corrected chi connectivity index (χ0v) is 9.58. The number of nitrogens with two attached hydrogens (primary N) is 2. The molecule has 0 aliphatic heterocycles. The molecule has 0 aliphatic rings. The van der Waals surface area contributed by atoms with Crippen LogP contribution in [0.5, 0.6) is 0 Å². The molecule has 0 saturated carbocycles. The standard InChI is InChI=1S/C10H23N6/c1-4-13-7-10(14-5-2)16-9(12)6-15-8(3)11/h4-5,8-10,13-16H,1-3,6-7,11-12H2. The molecule has 6 heteroatoms. The maximum absolute atomic E-state index is 5.84. The van der Waals surface area contributed by atoms with Gasteiger partial charge in [0.2, 0.25) is 0 Å². The van der Waals surface area contributed by atoms with E-state index in [2.05, 4.69) is 42.0 Å². The highest BCUT2D eigenvalue weighted by Crippen LogP contribution is 1.82. The summed E-state index contributed by atoms with van der Waals surface area (Å²) < 4.78 is 0. The van der Waals surface area contributed by atoms with Gasteiger partial charge in [-0.3, -0.25) is 16.0 Å². The molecule has 0 saturated heterocycles. The normalized spacial score (nSPS) is 17.1. The minimum Gasteiger partial charge on any atom is -0.316 e. The molecular formula is C10H23N6. The van der Waals surface area contributed by atoms with Crippen LogP contribution in [0.4, 0.5) is 0 Å². The third kappa shape index (κ3) is 9.02. The van der Waals surface area contributed by atoms with Crippen LogP contribution in [0, 0.1) is 33.9 Å². The largest absolute Gasteiger partial charge is 0.316 e. The quantitative estimate of drug-likeness (QED) is 0.243. The number of hydrogen-bond donors (Lipinski definition) is 6. The van der Waals surface area contributed by atoms with E-state index in [4.69, 9.17) is 11.5 Å². The van der Waals surface area contributed by atoms with E-state index < -0.39 is 0 Å². The third-order valence-corrected chi connectivity index (χ3v) is 1.80. The molecule has 0 heterocycles. The summed E-state index contributed by atoms with van der Waals surface area (Å²) in [6.07, 6.45) is -0.560. The second kappa shape index (κ2) is 9.95. The average molecular weight is 227 g/mol. The predicted octanol–water partition coefficient (Wildman–Crippen LogP) is -1.93. The molecule has 0 rings (SSSR count). The first-order valence-electron chi connectivity index (χ1n) is 5.15. The van der Waals surface area contributed by atoms with Gasteiger partial charge in [-0.05, 0) is 20.8 Å². The van der Waals surface area contributed by atoms with E-state index in [1.807, 2.05) is 0 Å². The van der Waals surface area contributed by atoms with Gasteiger partial charge in [0.1, 0.15) is 0 Å². The van der Waals surface area contributed by atoms with Gasteiger partial charge in [0.05, 0.1) is 18.5 Å². The monoisotopic (exact) mass is 227 g/mol. The molecule has 0 spiro atoms. The minimum absolute atomic E-state index is 0.0201. The Morgan fingerprint density at radius 3 is 2.31 bits per heavy atom. The molecule has 0 fully saturated rings. The maximum Gasteiger partial charge on any atom is 0.0715 e. The van der Waals surface area contributed by atoms with Crippen molar-refractivity contribution in [2.45, 2.75) is 18.5 Å². The molecule has 6 nitrogen and oxygen atoms in total. The molecule has 0 amide bonds. The van der Waals surface area contributed by atoms with E-state index in [1.165, 1.54) is 0 Å². The van der Waals surface area contributed by atoms with Crippen molar-refractivity contribution in [3.8, 4) is 0 Å². The molecule has 0 aliphatic carbocycles. The van der Waals surface area contributed by atoms with Crippen LogP contribution in [0.2, 0.25) is 0 Å². The molecule has 3 atom stereocenters. The van der Waals surface area contributed by atoms with Crippen molar-refractivity contribution < 1.29 is 0 Å². The van der Waals surface area contributed by atoms with Crippen LogP contribution in [-0.4, -0.2) is 31.6 Å². The van der Waals surface area contributed by atoms with Crippen LogP contribution in [0.15, 0.2) is 0 Å². The van der Waals surface area contributed by atoms with E-state index >= 15 is 0 Å². The first-order valence-corrected chi connectivity index (χ1v) is 5.15. The molecule has 0 aromatic carbocycles. The van der Waals surface area contributed by atoms with Crippen LogP contribution < -0.4 is 32.7 Å². The van der Waals surface area contributed by atoms with Gasteiger partial charge in [-0.25, -0.2) is 0 Å². The van der Waals surface area contributed by atoms with Gasteiger partial charge in [0.15, 0.2) is 0 Å². The van der Waals surface area contributed by atoms with Crippen LogP contribution in [0.3, 0.4) is 0 Å². The summed E-state index contributed by atoms with van der Waals surface area (Å²) >= 11 is 0. The Labute approximate surface area is 98.9 Å². The summed E-state index contributed by atoms with van der Waals surface area (Å²) in [6, 6.07) is 0. The van der Waals surface area contributed by atoms with Gasteiger partial charge in [0.25, 0.3) is 0 Å². The summed E-state index contributed by atoms with van der Waals surface area (Å²) in [7, 11) is 0. The molecule has 0 aromatic heterocycles. The first-order chi connectivity index (χ1) is 7.60. The van der Waals surface area contributed by atoms with Crippen molar-refractivity contribution in [2.75, 3.05) is 13.1 Å². The Morgan fingerprint density at radius 1 is 1.12 bits per heavy atom. The van der Waals surface area contributed by atoms with Gasteiger partial charge in [0, 0.05) is 26.2 Å². The lowest BCUT2D eigenvalue weighted by molar-refractivity contribution is 0.370. The van der Waals surface area contributed by atoms with Crippen LogP contribution in [-0.2, 0) is 0 Å². The lowest BCUT2D eigenvalue weighted by Gasteiger charge is -2.24. The fourth-order valence-electron chi connectivity index (χ4n) is 1.11. The van der Waals surface area contributed by atoms with Crippen LogP contribution >= 0.6 is 0 Å². The number of hydrogen-bond acceptors (Lipinski definition) is 6. The van der Waals surface area contributed by atoms with Crippen molar-refractivity contribution >= 4 is 0 Å². The summed E-state index contributed by atoms with van der Waals surface area (Å²) in [6.45, 7) is 15.2. The van der Waals surface area contributed by atoms with Gasteiger partial charge in [-0.2, -0.15) is 0 Å². The molecule has 5 radical (unpaired) electrons. The molecule has 3 unspecified atom stereocenters. The molecule has 0 aromatic rings. The van der Waals surface area contributed by atoms with Crippen molar-refractivity contribution in [3.63, 3.8) is 0 Å². The lowest BCUT2D eigenvalue weighted by Crippen LogP contribution is -2.58. The Bertz CT molecular complexity index is 152. The number of rotatable bonds is 10. The second-order valence-electron chi connectivity index (χ2n) is 3.32. The van der Waals surface area contributed by atoms with Crippen LogP contribution in [0.1, 0.15) is 0 Å². The molecule has 8 N–H and O–H groups in total. The fraction of sp³-hybridized carbons (Fsp3) is 0.500. The van der Waals surface area contributed by atoms with Crippen molar-refractivity contribution in [1.29, 1.82) is 0 Å². The Balaban J connectivity index is 3.77. The fourth-order valence-corrected chi connectivity index (χ4v) is 1.11. The Morgan fingerprint density at radius 2 is 1.81 bits per heavy atom. The lowest BCUT2D eigenvalue weighted by atomic mass is 10.4.